The third-order valence-electron chi connectivity index (χ3n) is 4.64. The van der Waals surface area contributed by atoms with Gasteiger partial charge in [-0.3, -0.25) is 4.79 Å². The normalized spacial score (nSPS) is 12.7. The summed E-state index contributed by atoms with van der Waals surface area (Å²) in [4.78, 5) is 13.0. The van der Waals surface area contributed by atoms with Crippen molar-refractivity contribution in [2.24, 2.45) is 0 Å². The Kier molecular flexibility index (Phi) is 6.12. The lowest BCUT2D eigenvalue weighted by Gasteiger charge is -2.11. The number of nitrogens with one attached hydrogen (secondary N) is 1. The van der Waals surface area contributed by atoms with E-state index in [2.05, 4.69) is 10.1 Å². The van der Waals surface area contributed by atoms with Crippen molar-refractivity contribution in [3.63, 3.8) is 0 Å². The molecule has 0 atom stereocenters. The minimum atomic E-state index is -2.89. The lowest BCUT2D eigenvalue weighted by Crippen LogP contribution is -2.23. The molecule has 31 heavy (non-hydrogen) atoms. The number of hydrogen-bond acceptors (Lipinski definition) is 4. The van der Waals surface area contributed by atoms with Crippen molar-refractivity contribution in [1.29, 1.82) is 0 Å². The summed E-state index contributed by atoms with van der Waals surface area (Å²) in [5, 5.41) is 2.92. The SMILES string of the molecule is O=C(NCc1ccc2c(c1)OCO2)C(=Cc1ccc(OC(F)F)cc1)c1ccccc1. The Morgan fingerprint density at radius 3 is 2.48 bits per heavy atom. The van der Waals surface area contributed by atoms with E-state index in [-0.39, 0.29) is 18.4 Å². The summed E-state index contributed by atoms with van der Waals surface area (Å²) in [6.07, 6.45) is 1.70. The molecule has 1 N–H and O–H groups in total. The van der Waals surface area contributed by atoms with Gasteiger partial charge in [-0.15, -0.1) is 0 Å². The molecule has 0 aliphatic carbocycles. The highest BCUT2D eigenvalue weighted by molar-refractivity contribution is 6.24. The van der Waals surface area contributed by atoms with Gasteiger partial charge >= 0.3 is 6.61 Å². The number of carbonyl (C=O) groups is 1. The molecule has 0 spiro atoms. The van der Waals surface area contributed by atoms with Crippen LogP contribution in [0.1, 0.15) is 16.7 Å². The molecule has 0 fully saturated rings. The second-order valence-electron chi connectivity index (χ2n) is 6.74. The first-order valence-electron chi connectivity index (χ1n) is 9.57. The van der Waals surface area contributed by atoms with E-state index in [9.17, 15) is 13.6 Å². The predicted octanol–water partition coefficient (Wildman–Crippen LogP) is 4.87. The van der Waals surface area contributed by atoms with Crippen LogP contribution in [0, 0.1) is 0 Å². The van der Waals surface area contributed by atoms with Gasteiger partial charge in [-0.05, 0) is 47.0 Å². The minimum absolute atomic E-state index is 0.0562. The van der Waals surface area contributed by atoms with Crippen molar-refractivity contribution >= 4 is 17.6 Å². The zero-order valence-corrected chi connectivity index (χ0v) is 16.4. The van der Waals surface area contributed by atoms with Gasteiger partial charge in [-0.2, -0.15) is 8.78 Å². The standard InChI is InChI=1S/C24H19F2NO4/c25-24(26)31-19-9-6-16(7-10-19)12-20(18-4-2-1-3-5-18)23(28)27-14-17-8-11-21-22(13-17)30-15-29-21/h1-13,24H,14-15H2,(H,27,28). The van der Waals surface area contributed by atoms with Gasteiger partial charge in [-0.25, -0.2) is 0 Å². The van der Waals surface area contributed by atoms with Crippen molar-refractivity contribution in [1.82, 2.24) is 5.32 Å². The Balaban J connectivity index is 1.53. The highest BCUT2D eigenvalue weighted by atomic mass is 19.3. The molecule has 1 amide bonds. The summed E-state index contributed by atoms with van der Waals surface area (Å²) in [6, 6.07) is 20.8. The number of benzene rings is 3. The Morgan fingerprint density at radius 1 is 1.00 bits per heavy atom. The molecular weight excluding hydrogens is 404 g/mol. The van der Waals surface area contributed by atoms with Crippen molar-refractivity contribution in [2.75, 3.05) is 6.79 Å². The van der Waals surface area contributed by atoms with Crippen LogP contribution >= 0.6 is 0 Å². The molecule has 7 heteroatoms. The number of fused-ring (bicyclic) bond motifs is 1. The van der Waals surface area contributed by atoms with Crippen LogP contribution in [-0.2, 0) is 11.3 Å². The first-order valence-corrected chi connectivity index (χ1v) is 9.57. The van der Waals surface area contributed by atoms with Crippen LogP contribution in [0.4, 0.5) is 8.78 Å². The number of ether oxygens (including phenoxy) is 3. The lowest BCUT2D eigenvalue weighted by atomic mass is 10.0. The van der Waals surface area contributed by atoms with Crippen LogP contribution < -0.4 is 19.5 Å². The van der Waals surface area contributed by atoms with Gasteiger partial charge in [0.25, 0.3) is 5.91 Å². The lowest BCUT2D eigenvalue weighted by molar-refractivity contribution is -0.115. The zero-order valence-electron chi connectivity index (χ0n) is 16.4. The molecule has 3 aromatic carbocycles. The van der Waals surface area contributed by atoms with E-state index in [4.69, 9.17) is 9.47 Å². The molecule has 0 saturated heterocycles. The number of hydrogen-bond donors (Lipinski definition) is 1. The molecule has 4 rings (SSSR count). The molecule has 158 valence electrons. The number of rotatable bonds is 7. The Bertz CT molecular complexity index is 1080. The summed E-state index contributed by atoms with van der Waals surface area (Å²) in [7, 11) is 0. The highest BCUT2D eigenvalue weighted by Gasteiger charge is 2.15. The minimum Gasteiger partial charge on any atom is -0.454 e. The number of alkyl halides is 2. The molecule has 0 aromatic heterocycles. The van der Waals surface area contributed by atoms with Gasteiger partial charge < -0.3 is 19.5 Å². The second kappa shape index (κ2) is 9.30. The third kappa shape index (κ3) is 5.19. The van der Waals surface area contributed by atoms with E-state index in [1.807, 2.05) is 42.5 Å². The first kappa shape index (κ1) is 20.4. The van der Waals surface area contributed by atoms with Gasteiger partial charge in [0.2, 0.25) is 6.79 Å². The summed E-state index contributed by atoms with van der Waals surface area (Å²) < 4.78 is 39.8. The maximum atomic E-state index is 13.0. The first-order chi connectivity index (χ1) is 15.1. The Morgan fingerprint density at radius 2 is 1.74 bits per heavy atom. The maximum absolute atomic E-state index is 13.0. The van der Waals surface area contributed by atoms with Gasteiger partial charge in [0, 0.05) is 12.1 Å². The van der Waals surface area contributed by atoms with Crippen LogP contribution in [0.2, 0.25) is 0 Å². The predicted molar refractivity (Wildman–Crippen MR) is 112 cm³/mol. The molecule has 3 aromatic rings. The van der Waals surface area contributed by atoms with Crippen molar-refractivity contribution in [3.05, 3.63) is 89.5 Å². The molecule has 1 aliphatic rings. The molecule has 5 nitrogen and oxygen atoms in total. The van der Waals surface area contributed by atoms with Gasteiger partial charge in [0.15, 0.2) is 11.5 Å². The van der Waals surface area contributed by atoms with E-state index < -0.39 is 6.61 Å². The maximum Gasteiger partial charge on any atom is 0.387 e. The van der Waals surface area contributed by atoms with Crippen LogP contribution in [0.5, 0.6) is 17.2 Å². The largest absolute Gasteiger partial charge is 0.454 e. The van der Waals surface area contributed by atoms with Gasteiger partial charge in [0.1, 0.15) is 5.75 Å². The van der Waals surface area contributed by atoms with Gasteiger partial charge in [-0.1, -0.05) is 48.5 Å². The molecule has 0 bridgehead atoms. The number of halogens is 2. The average molecular weight is 423 g/mol. The zero-order chi connectivity index (χ0) is 21.6. The van der Waals surface area contributed by atoms with E-state index >= 15 is 0 Å². The summed E-state index contributed by atoms with van der Waals surface area (Å²) >= 11 is 0. The van der Waals surface area contributed by atoms with Crippen LogP contribution in [0.25, 0.3) is 11.6 Å². The quantitative estimate of drug-likeness (QED) is 0.435. The molecule has 1 aliphatic heterocycles. The fraction of sp³-hybridized carbons (Fsp3) is 0.125. The van der Waals surface area contributed by atoms with Crippen molar-refractivity contribution < 1.29 is 27.8 Å². The summed E-state index contributed by atoms with van der Waals surface area (Å²) in [6.45, 7) is -2.39. The number of amides is 1. The fourth-order valence-corrected chi connectivity index (χ4v) is 3.14. The fourth-order valence-electron chi connectivity index (χ4n) is 3.14. The molecule has 0 saturated carbocycles. The Hall–Kier alpha value is -3.87. The average Bonchev–Trinajstić information content (AvgIpc) is 3.25. The van der Waals surface area contributed by atoms with Crippen LogP contribution in [0.3, 0.4) is 0 Å². The van der Waals surface area contributed by atoms with Crippen LogP contribution in [-0.4, -0.2) is 19.3 Å². The topological polar surface area (TPSA) is 56.8 Å². The monoisotopic (exact) mass is 423 g/mol. The summed E-state index contributed by atoms with van der Waals surface area (Å²) in [5.41, 5.74) is 2.74. The smallest absolute Gasteiger partial charge is 0.387 e. The molecule has 1 heterocycles. The molecule has 0 radical (unpaired) electrons. The number of carbonyl (C=O) groups excluding carboxylic acids is 1. The van der Waals surface area contributed by atoms with Crippen molar-refractivity contribution in [2.45, 2.75) is 13.2 Å². The van der Waals surface area contributed by atoms with Gasteiger partial charge in [0.05, 0.1) is 0 Å². The Labute approximate surface area is 177 Å². The van der Waals surface area contributed by atoms with E-state index in [0.29, 0.717) is 29.2 Å². The van der Waals surface area contributed by atoms with Crippen LogP contribution in [0.15, 0.2) is 72.8 Å². The third-order valence-corrected chi connectivity index (χ3v) is 4.64. The molecular formula is C24H19F2NO4. The highest BCUT2D eigenvalue weighted by Crippen LogP contribution is 2.32. The van der Waals surface area contributed by atoms with Crippen molar-refractivity contribution in [3.8, 4) is 17.2 Å². The van der Waals surface area contributed by atoms with E-state index in [0.717, 1.165) is 11.1 Å². The second-order valence-corrected chi connectivity index (χ2v) is 6.74. The van der Waals surface area contributed by atoms with E-state index in [1.165, 1.54) is 12.1 Å². The molecule has 0 unspecified atom stereocenters. The summed E-state index contributed by atoms with van der Waals surface area (Å²) in [5.74, 6) is 1.12. The van der Waals surface area contributed by atoms with E-state index in [1.54, 1.807) is 24.3 Å².